The number of aromatic nitrogens is 1. The molecule has 0 radical (unpaired) electrons. The lowest BCUT2D eigenvalue weighted by Crippen LogP contribution is -2.06. The molecular formula is C11H11NO. The minimum atomic E-state index is 0.103. The third kappa shape index (κ3) is 1.15. The van der Waals surface area contributed by atoms with E-state index in [9.17, 15) is 4.79 Å². The summed E-state index contributed by atoms with van der Waals surface area (Å²) < 4.78 is 1.96. The van der Waals surface area contributed by atoms with E-state index in [1.807, 2.05) is 36.7 Å². The molecule has 0 aliphatic heterocycles. The van der Waals surface area contributed by atoms with Gasteiger partial charge in [-0.3, -0.25) is 4.79 Å². The molecule has 0 unspecified atom stereocenters. The molecule has 0 amide bonds. The summed E-state index contributed by atoms with van der Waals surface area (Å²) in [5, 5.41) is 0.826. The van der Waals surface area contributed by atoms with Crippen molar-refractivity contribution < 1.29 is 0 Å². The van der Waals surface area contributed by atoms with E-state index in [4.69, 9.17) is 0 Å². The van der Waals surface area contributed by atoms with Crippen LogP contribution in [0.4, 0.5) is 0 Å². The third-order valence-corrected chi connectivity index (χ3v) is 2.33. The van der Waals surface area contributed by atoms with Crippen molar-refractivity contribution in [1.82, 2.24) is 4.57 Å². The van der Waals surface area contributed by atoms with Gasteiger partial charge in [-0.25, -0.2) is 0 Å². The first-order valence-electron chi connectivity index (χ1n) is 4.25. The molecule has 0 aliphatic rings. The highest BCUT2D eigenvalue weighted by atomic mass is 16.1. The summed E-state index contributed by atoms with van der Waals surface area (Å²) in [5.41, 5.74) is 2.14. The van der Waals surface area contributed by atoms with E-state index in [1.165, 1.54) is 0 Å². The van der Waals surface area contributed by atoms with Gasteiger partial charge in [-0.1, -0.05) is 12.1 Å². The van der Waals surface area contributed by atoms with Gasteiger partial charge in [0, 0.05) is 24.7 Å². The van der Waals surface area contributed by atoms with Gasteiger partial charge in [0.25, 0.3) is 0 Å². The van der Waals surface area contributed by atoms with Crippen molar-refractivity contribution in [1.29, 1.82) is 0 Å². The first kappa shape index (κ1) is 8.05. The number of hydrogen-bond donors (Lipinski definition) is 0. The molecule has 0 saturated carbocycles. The molecule has 0 N–H and O–H groups in total. The second kappa shape index (κ2) is 2.73. The van der Waals surface area contributed by atoms with Crippen molar-refractivity contribution in [2.24, 2.45) is 7.05 Å². The topological polar surface area (TPSA) is 22.0 Å². The Labute approximate surface area is 76.4 Å². The zero-order valence-electron chi connectivity index (χ0n) is 7.74. The highest BCUT2D eigenvalue weighted by molar-refractivity contribution is 5.82. The summed E-state index contributed by atoms with van der Waals surface area (Å²) in [5.74, 6) is 0. The average Bonchev–Trinajstić information content (AvgIpc) is 2.12. The Kier molecular flexibility index (Phi) is 1.69. The number of hydrogen-bond acceptors (Lipinski definition) is 1. The van der Waals surface area contributed by atoms with E-state index in [2.05, 4.69) is 0 Å². The monoisotopic (exact) mass is 173 g/mol. The second-order valence-electron chi connectivity index (χ2n) is 3.26. The van der Waals surface area contributed by atoms with Crippen LogP contribution in [0.1, 0.15) is 5.56 Å². The van der Waals surface area contributed by atoms with Crippen LogP contribution in [-0.2, 0) is 7.05 Å². The van der Waals surface area contributed by atoms with E-state index >= 15 is 0 Å². The van der Waals surface area contributed by atoms with E-state index in [0.29, 0.717) is 0 Å². The maximum atomic E-state index is 11.5. The van der Waals surface area contributed by atoms with Crippen LogP contribution in [0, 0.1) is 6.92 Å². The molecule has 66 valence electrons. The summed E-state index contributed by atoms with van der Waals surface area (Å²) in [6.45, 7) is 1.96. The lowest BCUT2D eigenvalue weighted by atomic mass is 10.1. The molecule has 0 bridgehead atoms. The maximum Gasteiger partial charge on any atom is 0.189 e. The molecule has 0 aliphatic carbocycles. The molecule has 2 rings (SSSR count). The van der Waals surface area contributed by atoms with Crippen molar-refractivity contribution in [2.45, 2.75) is 6.92 Å². The quantitative estimate of drug-likeness (QED) is 0.596. The fourth-order valence-corrected chi connectivity index (χ4v) is 1.61. The molecular weight excluding hydrogens is 162 g/mol. The van der Waals surface area contributed by atoms with Crippen molar-refractivity contribution >= 4 is 10.9 Å². The van der Waals surface area contributed by atoms with Crippen molar-refractivity contribution in [3.63, 3.8) is 0 Å². The summed E-state index contributed by atoms with van der Waals surface area (Å²) in [6.07, 6.45) is 1.80. The molecule has 2 heteroatoms. The summed E-state index contributed by atoms with van der Waals surface area (Å²) in [6, 6.07) is 7.50. The first-order chi connectivity index (χ1) is 6.20. The van der Waals surface area contributed by atoms with Gasteiger partial charge in [0.1, 0.15) is 0 Å². The molecule has 1 heterocycles. The summed E-state index contributed by atoms with van der Waals surface area (Å²) in [7, 11) is 1.95. The molecule has 2 nitrogen and oxygen atoms in total. The zero-order valence-corrected chi connectivity index (χ0v) is 7.74. The molecule has 1 aromatic carbocycles. The van der Waals surface area contributed by atoms with Gasteiger partial charge in [-0.05, 0) is 18.6 Å². The van der Waals surface area contributed by atoms with Crippen LogP contribution in [0.3, 0.4) is 0 Å². The lowest BCUT2D eigenvalue weighted by molar-refractivity contribution is 0.949. The molecule has 2 aromatic rings. The van der Waals surface area contributed by atoms with Gasteiger partial charge >= 0.3 is 0 Å². The van der Waals surface area contributed by atoms with Crippen molar-refractivity contribution in [3.05, 3.63) is 46.2 Å². The van der Waals surface area contributed by atoms with Crippen LogP contribution < -0.4 is 5.43 Å². The number of fused-ring (bicyclic) bond motifs is 1. The SMILES string of the molecule is Cc1cccc2c1c(=O)ccn2C. The number of nitrogens with zero attached hydrogens (tertiary/aromatic N) is 1. The Morgan fingerprint density at radius 2 is 2.00 bits per heavy atom. The predicted octanol–water partition coefficient (Wildman–Crippen LogP) is 1.85. The highest BCUT2D eigenvalue weighted by Crippen LogP contribution is 2.12. The number of pyridine rings is 1. The fourth-order valence-electron chi connectivity index (χ4n) is 1.61. The normalized spacial score (nSPS) is 10.6. The molecule has 0 atom stereocenters. The van der Waals surface area contributed by atoms with Gasteiger partial charge in [0.05, 0.1) is 5.52 Å². The Hall–Kier alpha value is -1.57. The van der Waals surface area contributed by atoms with Crippen LogP contribution in [0.5, 0.6) is 0 Å². The number of benzene rings is 1. The van der Waals surface area contributed by atoms with Crippen LogP contribution in [-0.4, -0.2) is 4.57 Å². The average molecular weight is 173 g/mol. The zero-order chi connectivity index (χ0) is 9.42. The van der Waals surface area contributed by atoms with Crippen molar-refractivity contribution in [2.75, 3.05) is 0 Å². The molecule has 0 spiro atoms. The molecule has 0 saturated heterocycles. The van der Waals surface area contributed by atoms with Gasteiger partial charge in [-0.2, -0.15) is 0 Å². The predicted molar refractivity (Wildman–Crippen MR) is 53.9 cm³/mol. The Balaban J connectivity index is 3.09. The van der Waals surface area contributed by atoms with Gasteiger partial charge in [-0.15, -0.1) is 0 Å². The van der Waals surface area contributed by atoms with Crippen LogP contribution in [0.25, 0.3) is 10.9 Å². The van der Waals surface area contributed by atoms with E-state index in [1.54, 1.807) is 12.3 Å². The molecule has 0 fully saturated rings. The Bertz CT molecular complexity index is 511. The molecule has 1 aromatic heterocycles. The number of rotatable bonds is 0. The minimum absolute atomic E-state index is 0.103. The van der Waals surface area contributed by atoms with E-state index in [-0.39, 0.29) is 5.43 Å². The Morgan fingerprint density at radius 1 is 1.23 bits per heavy atom. The first-order valence-corrected chi connectivity index (χ1v) is 4.25. The van der Waals surface area contributed by atoms with E-state index in [0.717, 1.165) is 16.5 Å². The van der Waals surface area contributed by atoms with Crippen LogP contribution in [0.2, 0.25) is 0 Å². The smallest absolute Gasteiger partial charge is 0.189 e. The van der Waals surface area contributed by atoms with Gasteiger partial charge in [0.2, 0.25) is 0 Å². The summed E-state index contributed by atoms with van der Waals surface area (Å²) >= 11 is 0. The largest absolute Gasteiger partial charge is 0.350 e. The molecule has 13 heavy (non-hydrogen) atoms. The van der Waals surface area contributed by atoms with Crippen molar-refractivity contribution in [3.8, 4) is 0 Å². The Morgan fingerprint density at radius 3 is 2.69 bits per heavy atom. The highest BCUT2D eigenvalue weighted by Gasteiger charge is 2.01. The second-order valence-corrected chi connectivity index (χ2v) is 3.26. The minimum Gasteiger partial charge on any atom is -0.350 e. The van der Waals surface area contributed by atoms with E-state index < -0.39 is 0 Å². The van der Waals surface area contributed by atoms with Gasteiger partial charge < -0.3 is 4.57 Å². The number of aryl methyl sites for hydroxylation is 2. The lowest BCUT2D eigenvalue weighted by Gasteiger charge is -2.05. The maximum absolute atomic E-state index is 11.5. The van der Waals surface area contributed by atoms with Gasteiger partial charge in [0.15, 0.2) is 5.43 Å². The fraction of sp³-hybridized carbons (Fsp3) is 0.182. The summed E-state index contributed by atoms with van der Waals surface area (Å²) in [4.78, 5) is 11.5. The third-order valence-electron chi connectivity index (χ3n) is 2.33. The van der Waals surface area contributed by atoms with Crippen LogP contribution >= 0.6 is 0 Å². The van der Waals surface area contributed by atoms with Crippen LogP contribution in [0.15, 0.2) is 35.3 Å². The standard InChI is InChI=1S/C11H11NO/c1-8-4-3-5-9-11(8)10(13)6-7-12(9)2/h3-7H,1-2H3.